The fraction of sp³-hybridized carbons (Fsp3) is 0.500. The lowest BCUT2D eigenvalue weighted by atomic mass is 10.0. The highest BCUT2D eigenvalue weighted by Gasteiger charge is 2.28. The number of benzene rings is 1. The van der Waals surface area contributed by atoms with E-state index in [0.717, 1.165) is 19.4 Å². The van der Waals surface area contributed by atoms with E-state index in [0.29, 0.717) is 13.2 Å². The third-order valence-electron chi connectivity index (χ3n) is 3.58. The van der Waals surface area contributed by atoms with Gasteiger partial charge in [0.25, 0.3) is 0 Å². The number of carboxylic acid groups (broad SMARTS) is 1. The summed E-state index contributed by atoms with van der Waals surface area (Å²) in [5.74, 6) is -1.10. The molecule has 7 heteroatoms. The van der Waals surface area contributed by atoms with Crippen LogP contribution in [-0.2, 0) is 14.8 Å². The zero-order valence-electron chi connectivity index (χ0n) is 11.9. The number of rotatable bonds is 5. The number of hydrogen-bond acceptors (Lipinski definition) is 4. The molecule has 1 unspecified atom stereocenters. The van der Waals surface area contributed by atoms with Crippen molar-refractivity contribution in [1.29, 1.82) is 0 Å². The van der Waals surface area contributed by atoms with Gasteiger partial charge >= 0.3 is 5.97 Å². The van der Waals surface area contributed by atoms with Crippen molar-refractivity contribution in [2.75, 3.05) is 26.8 Å². The molecule has 0 radical (unpaired) electrons. The van der Waals surface area contributed by atoms with Gasteiger partial charge in [-0.3, -0.25) is 0 Å². The second-order valence-electron chi connectivity index (χ2n) is 5.17. The molecule has 1 aromatic carbocycles. The van der Waals surface area contributed by atoms with Crippen LogP contribution in [-0.4, -0.2) is 50.6 Å². The lowest BCUT2D eigenvalue weighted by Gasteiger charge is -2.27. The molecule has 1 aliphatic rings. The molecule has 0 amide bonds. The largest absolute Gasteiger partial charge is 0.478 e. The molecular weight excluding hydrogens is 294 g/mol. The van der Waals surface area contributed by atoms with Gasteiger partial charge in [0.1, 0.15) is 0 Å². The normalized spacial score (nSPS) is 19.6. The van der Waals surface area contributed by atoms with E-state index >= 15 is 0 Å². The fourth-order valence-corrected chi connectivity index (χ4v) is 3.88. The smallest absolute Gasteiger partial charge is 0.337 e. The molecule has 1 atom stereocenters. The first-order valence-corrected chi connectivity index (χ1v) is 8.23. The SMILES string of the molecule is CN(CC1CCCOC1)S(=O)(=O)c1ccccc1C(=O)O. The van der Waals surface area contributed by atoms with Crippen LogP contribution in [0.2, 0.25) is 0 Å². The van der Waals surface area contributed by atoms with E-state index in [4.69, 9.17) is 9.84 Å². The van der Waals surface area contributed by atoms with Crippen molar-refractivity contribution in [3.05, 3.63) is 29.8 Å². The highest BCUT2D eigenvalue weighted by molar-refractivity contribution is 7.89. The summed E-state index contributed by atoms with van der Waals surface area (Å²) in [6, 6.07) is 5.66. The Bertz CT molecular complexity index is 608. The number of sulfonamides is 1. The number of carboxylic acids is 1. The first kappa shape index (κ1) is 15.9. The zero-order valence-corrected chi connectivity index (χ0v) is 12.7. The van der Waals surface area contributed by atoms with Crippen molar-refractivity contribution in [3.8, 4) is 0 Å². The Morgan fingerprint density at radius 1 is 1.43 bits per heavy atom. The predicted octanol–water partition coefficient (Wildman–Crippen LogP) is 1.43. The average Bonchev–Trinajstić information content (AvgIpc) is 2.48. The zero-order chi connectivity index (χ0) is 15.5. The molecule has 0 saturated carbocycles. The molecule has 1 aliphatic heterocycles. The quantitative estimate of drug-likeness (QED) is 0.889. The summed E-state index contributed by atoms with van der Waals surface area (Å²) >= 11 is 0. The molecule has 0 aliphatic carbocycles. The maximum absolute atomic E-state index is 12.6. The lowest BCUT2D eigenvalue weighted by Crippen LogP contribution is -2.35. The molecule has 21 heavy (non-hydrogen) atoms. The minimum Gasteiger partial charge on any atom is -0.478 e. The molecule has 6 nitrogen and oxygen atoms in total. The first-order valence-electron chi connectivity index (χ1n) is 6.79. The van der Waals surface area contributed by atoms with E-state index in [1.54, 1.807) is 0 Å². The third-order valence-corrected chi connectivity index (χ3v) is 5.46. The number of aromatic carboxylic acids is 1. The Hall–Kier alpha value is -1.44. The van der Waals surface area contributed by atoms with Crippen LogP contribution in [0.4, 0.5) is 0 Å². The van der Waals surface area contributed by atoms with Crippen molar-refractivity contribution in [2.24, 2.45) is 5.92 Å². The standard InChI is InChI=1S/C14H19NO5S/c1-15(9-11-5-4-8-20-10-11)21(18,19)13-7-3-2-6-12(13)14(16)17/h2-3,6-7,11H,4-5,8-10H2,1H3,(H,16,17). The van der Waals surface area contributed by atoms with Gasteiger partial charge in [-0.2, -0.15) is 0 Å². The van der Waals surface area contributed by atoms with Crippen LogP contribution in [0.25, 0.3) is 0 Å². The lowest BCUT2D eigenvalue weighted by molar-refractivity contribution is 0.0495. The summed E-state index contributed by atoms with van der Waals surface area (Å²) in [5, 5.41) is 9.13. The minimum atomic E-state index is -3.82. The topological polar surface area (TPSA) is 83.9 Å². The van der Waals surface area contributed by atoms with Gasteiger partial charge in [0.05, 0.1) is 17.1 Å². The van der Waals surface area contributed by atoms with Crippen LogP contribution in [0, 0.1) is 5.92 Å². The van der Waals surface area contributed by atoms with Crippen LogP contribution >= 0.6 is 0 Å². The Kier molecular flexibility index (Phi) is 4.97. The van der Waals surface area contributed by atoms with Gasteiger partial charge in [-0.1, -0.05) is 12.1 Å². The molecular formula is C14H19NO5S. The molecule has 0 aromatic heterocycles. The number of carbonyl (C=O) groups is 1. The summed E-state index contributed by atoms with van der Waals surface area (Å²) in [5.41, 5.74) is -0.204. The molecule has 116 valence electrons. The highest BCUT2D eigenvalue weighted by Crippen LogP contribution is 2.22. The van der Waals surface area contributed by atoms with Crippen molar-refractivity contribution in [2.45, 2.75) is 17.7 Å². The average molecular weight is 313 g/mol. The van der Waals surface area contributed by atoms with Crippen molar-refractivity contribution < 1.29 is 23.1 Å². The summed E-state index contributed by atoms with van der Waals surface area (Å²) in [6.07, 6.45) is 1.84. The van der Waals surface area contributed by atoms with Crippen LogP contribution in [0.1, 0.15) is 23.2 Å². The fourth-order valence-electron chi connectivity index (χ4n) is 2.45. The molecule has 1 aromatic rings. The molecule has 0 bridgehead atoms. The van der Waals surface area contributed by atoms with Crippen molar-refractivity contribution in [3.63, 3.8) is 0 Å². The van der Waals surface area contributed by atoms with Crippen molar-refractivity contribution in [1.82, 2.24) is 4.31 Å². The van der Waals surface area contributed by atoms with Gasteiger partial charge < -0.3 is 9.84 Å². The molecule has 1 N–H and O–H groups in total. The Morgan fingerprint density at radius 2 is 2.14 bits per heavy atom. The summed E-state index contributed by atoms with van der Waals surface area (Å²) in [6.45, 7) is 1.59. The first-order chi connectivity index (χ1) is 9.93. The Morgan fingerprint density at radius 3 is 2.76 bits per heavy atom. The maximum atomic E-state index is 12.6. The second-order valence-corrected chi connectivity index (χ2v) is 7.18. The Balaban J connectivity index is 2.22. The van der Waals surface area contributed by atoms with Gasteiger partial charge in [-0.25, -0.2) is 17.5 Å². The van der Waals surface area contributed by atoms with E-state index in [1.165, 1.54) is 35.6 Å². The molecule has 1 saturated heterocycles. The summed E-state index contributed by atoms with van der Waals surface area (Å²) in [7, 11) is -2.34. The van der Waals surface area contributed by atoms with Crippen LogP contribution in [0.3, 0.4) is 0 Å². The number of hydrogen-bond donors (Lipinski definition) is 1. The van der Waals surface area contributed by atoms with Crippen LogP contribution in [0.5, 0.6) is 0 Å². The summed E-state index contributed by atoms with van der Waals surface area (Å²) < 4.78 is 31.7. The van der Waals surface area contributed by atoms with E-state index in [-0.39, 0.29) is 16.4 Å². The van der Waals surface area contributed by atoms with E-state index in [1.807, 2.05) is 0 Å². The molecule has 2 rings (SSSR count). The number of ether oxygens (including phenoxy) is 1. The molecule has 1 fully saturated rings. The van der Waals surface area contributed by atoms with E-state index < -0.39 is 16.0 Å². The monoisotopic (exact) mass is 313 g/mol. The van der Waals surface area contributed by atoms with Gasteiger partial charge in [-0.05, 0) is 30.9 Å². The third kappa shape index (κ3) is 3.61. The van der Waals surface area contributed by atoms with E-state index in [9.17, 15) is 13.2 Å². The van der Waals surface area contributed by atoms with Gasteiger partial charge in [0.2, 0.25) is 10.0 Å². The molecule has 0 spiro atoms. The number of nitrogens with zero attached hydrogens (tertiary/aromatic N) is 1. The maximum Gasteiger partial charge on any atom is 0.337 e. The minimum absolute atomic E-state index is 0.149. The summed E-state index contributed by atoms with van der Waals surface area (Å²) in [4.78, 5) is 11.0. The van der Waals surface area contributed by atoms with Crippen LogP contribution in [0.15, 0.2) is 29.2 Å². The second kappa shape index (κ2) is 6.55. The van der Waals surface area contributed by atoms with Gasteiger partial charge in [0.15, 0.2) is 0 Å². The predicted molar refractivity (Wildman–Crippen MR) is 76.8 cm³/mol. The molecule has 1 heterocycles. The van der Waals surface area contributed by atoms with Gasteiger partial charge in [0, 0.05) is 20.2 Å². The van der Waals surface area contributed by atoms with Crippen molar-refractivity contribution >= 4 is 16.0 Å². The highest BCUT2D eigenvalue weighted by atomic mass is 32.2. The van der Waals surface area contributed by atoms with E-state index in [2.05, 4.69) is 0 Å². The van der Waals surface area contributed by atoms with Crippen LogP contribution < -0.4 is 0 Å². The van der Waals surface area contributed by atoms with Gasteiger partial charge in [-0.15, -0.1) is 0 Å². The Labute approximate surface area is 124 Å².